The van der Waals surface area contributed by atoms with E-state index in [4.69, 9.17) is 5.11 Å². The van der Waals surface area contributed by atoms with Crippen molar-refractivity contribution in [2.75, 3.05) is 6.54 Å². The molecule has 1 aromatic heterocycles. The van der Waals surface area contributed by atoms with Crippen LogP contribution in [0.25, 0.3) is 0 Å². The van der Waals surface area contributed by atoms with Gasteiger partial charge in [0, 0.05) is 32.4 Å². The molecule has 0 radical (unpaired) electrons. The molecule has 0 bridgehead atoms. The fraction of sp³-hybridized carbons (Fsp3) is 0.615. The van der Waals surface area contributed by atoms with Crippen LogP contribution < -0.4 is 10.6 Å². The molecule has 0 spiro atoms. The van der Waals surface area contributed by atoms with Crippen molar-refractivity contribution in [3.05, 3.63) is 18.2 Å². The third kappa shape index (κ3) is 4.56. The minimum Gasteiger partial charge on any atom is -0.480 e. The van der Waals surface area contributed by atoms with Crippen molar-refractivity contribution in [1.82, 2.24) is 20.2 Å². The van der Waals surface area contributed by atoms with E-state index in [9.17, 15) is 9.59 Å². The van der Waals surface area contributed by atoms with Crippen molar-refractivity contribution in [2.45, 2.75) is 33.2 Å². The molecule has 0 fully saturated rings. The molecule has 7 nitrogen and oxygen atoms in total. The highest BCUT2D eigenvalue weighted by Gasteiger charge is 2.32. The van der Waals surface area contributed by atoms with Crippen LogP contribution in [0, 0.1) is 5.41 Å². The van der Waals surface area contributed by atoms with Crippen molar-refractivity contribution >= 4 is 12.0 Å². The molecule has 0 aliphatic rings. The third-order valence-electron chi connectivity index (χ3n) is 2.94. The summed E-state index contributed by atoms with van der Waals surface area (Å²) in [5, 5.41) is 14.2. The van der Waals surface area contributed by atoms with Crippen molar-refractivity contribution < 1.29 is 14.7 Å². The number of aromatic nitrogens is 2. The summed E-state index contributed by atoms with van der Waals surface area (Å²) < 4.78 is 1.87. The van der Waals surface area contributed by atoms with Gasteiger partial charge >= 0.3 is 12.0 Å². The summed E-state index contributed by atoms with van der Waals surface area (Å²) in [7, 11) is 1.88. The summed E-state index contributed by atoms with van der Waals surface area (Å²) in [6, 6.07) is -1.42. The van der Waals surface area contributed by atoms with E-state index in [1.54, 1.807) is 27.0 Å². The molecule has 0 saturated carbocycles. The monoisotopic (exact) mass is 282 g/mol. The zero-order valence-electron chi connectivity index (χ0n) is 12.3. The van der Waals surface area contributed by atoms with Crippen LogP contribution in [-0.2, 0) is 18.3 Å². The number of carbonyl (C=O) groups is 2. The number of carboxylic acids is 1. The van der Waals surface area contributed by atoms with Gasteiger partial charge in [-0.15, -0.1) is 0 Å². The van der Waals surface area contributed by atoms with Crippen molar-refractivity contribution in [1.29, 1.82) is 0 Å². The average molecular weight is 282 g/mol. The first-order valence-corrected chi connectivity index (χ1v) is 6.45. The minimum atomic E-state index is -1.04. The molecule has 0 aromatic carbocycles. The topological polar surface area (TPSA) is 96.3 Å². The lowest BCUT2D eigenvalue weighted by Crippen LogP contribution is -2.52. The van der Waals surface area contributed by atoms with E-state index in [2.05, 4.69) is 15.6 Å². The second kappa shape index (κ2) is 6.40. The molecule has 0 aliphatic heterocycles. The number of amides is 2. The molecule has 1 heterocycles. The lowest BCUT2D eigenvalue weighted by molar-refractivity contribution is -0.141. The number of carbonyl (C=O) groups excluding carboxylic acids is 1. The minimum absolute atomic E-state index is 0.396. The fourth-order valence-corrected chi connectivity index (χ4v) is 1.76. The number of rotatable bonds is 5. The maximum absolute atomic E-state index is 11.7. The van der Waals surface area contributed by atoms with Gasteiger partial charge in [-0.25, -0.2) is 14.6 Å². The van der Waals surface area contributed by atoms with Crippen molar-refractivity contribution in [3.8, 4) is 0 Å². The van der Waals surface area contributed by atoms with E-state index >= 15 is 0 Å². The lowest BCUT2D eigenvalue weighted by Gasteiger charge is -2.27. The molecule has 1 aromatic rings. The molecule has 112 valence electrons. The number of hydrogen-bond acceptors (Lipinski definition) is 3. The highest BCUT2D eigenvalue weighted by atomic mass is 16.4. The van der Waals surface area contributed by atoms with E-state index in [0.717, 1.165) is 5.82 Å². The number of nitrogens with one attached hydrogen (secondary N) is 2. The van der Waals surface area contributed by atoms with Crippen LogP contribution in [0.4, 0.5) is 4.79 Å². The van der Waals surface area contributed by atoms with Crippen LogP contribution >= 0.6 is 0 Å². The predicted molar refractivity (Wildman–Crippen MR) is 74.3 cm³/mol. The van der Waals surface area contributed by atoms with Crippen LogP contribution in [0.15, 0.2) is 12.4 Å². The maximum atomic E-state index is 11.7. The normalized spacial score (nSPS) is 12.8. The second-order valence-electron chi connectivity index (χ2n) is 5.74. The van der Waals surface area contributed by atoms with Crippen LogP contribution in [0.5, 0.6) is 0 Å². The first-order valence-electron chi connectivity index (χ1n) is 6.45. The molecule has 20 heavy (non-hydrogen) atoms. The number of imidazole rings is 1. The Morgan fingerprint density at radius 1 is 1.45 bits per heavy atom. The van der Waals surface area contributed by atoms with E-state index < -0.39 is 23.5 Å². The molecule has 1 rings (SSSR count). The third-order valence-corrected chi connectivity index (χ3v) is 2.94. The standard InChI is InChI=1S/C13H22N4O3/c1-13(2,3)10(11(18)19)16-12(20)15-6-5-9-14-7-8-17(9)4/h7-8,10H,5-6H2,1-4H3,(H,18,19)(H2,15,16,20)/t10-/m0/s1. The smallest absolute Gasteiger partial charge is 0.326 e. The molecule has 7 heteroatoms. The Morgan fingerprint density at radius 3 is 2.55 bits per heavy atom. The summed E-state index contributed by atoms with van der Waals surface area (Å²) in [4.78, 5) is 27.0. The molecule has 2 amide bonds. The Balaban J connectivity index is 2.43. The SMILES string of the molecule is Cn1ccnc1CCNC(=O)N[C@@H](C(=O)O)C(C)(C)C. The van der Waals surface area contributed by atoms with Gasteiger partial charge in [-0.2, -0.15) is 0 Å². The Bertz CT molecular complexity index is 476. The van der Waals surface area contributed by atoms with Gasteiger partial charge in [-0.3, -0.25) is 0 Å². The molecular weight excluding hydrogens is 260 g/mol. The highest BCUT2D eigenvalue weighted by Crippen LogP contribution is 2.19. The van der Waals surface area contributed by atoms with E-state index in [1.807, 2.05) is 17.8 Å². The van der Waals surface area contributed by atoms with Gasteiger partial charge in [-0.1, -0.05) is 20.8 Å². The number of aryl methyl sites for hydroxylation is 1. The Labute approximate surface area is 118 Å². The lowest BCUT2D eigenvalue weighted by atomic mass is 9.87. The first kappa shape index (κ1) is 16.0. The summed E-state index contributed by atoms with van der Waals surface area (Å²) >= 11 is 0. The van der Waals surface area contributed by atoms with Crippen LogP contribution in [0.2, 0.25) is 0 Å². The molecular formula is C13H22N4O3. The number of urea groups is 1. The van der Waals surface area contributed by atoms with Gasteiger partial charge in [0.2, 0.25) is 0 Å². The number of aliphatic carboxylic acids is 1. The van der Waals surface area contributed by atoms with Gasteiger partial charge in [-0.05, 0) is 5.41 Å². The second-order valence-corrected chi connectivity index (χ2v) is 5.74. The van der Waals surface area contributed by atoms with Crippen LogP contribution in [0.1, 0.15) is 26.6 Å². The van der Waals surface area contributed by atoms with Crippen LogP contribution in [0.3, 0.4) is 0 Å². The molecule has 0 saturated heterocycles. The molecule has 0 unspecified atom stereocenters. The zero-order chi connectivity index (χ0) is 15.3. The van der Waals surface area contributed by atoms with E-state index in [1.165, 1.54) is 0 Å². The Kier molecular flexibility index (Phi) is 5.12. The summed E-state index contributed by atoms with van der Waals surface area (Å²) in [6.07, 6.45) is 4.11. The maximum Gasteiger partial charge on any atom is 0.326 e. The van der Waals surface area contributed by atoms with Gasteiger partial charge in [0.25, 0.3) is 0 Å². The molecule has 0 aliphatic carbocycles. The number of carboxylic acid groups (broad SMARTS) is 1. The summed E-state index contributed by atoms with van der Waals surface area (Å²) in [5.41, 5.74) is -0.553. The van der Waals surface area contributed by atoms with Crippen molar-refractivity contribution in [2.24, 2.45) is 12.5 Å². The van der Waals surface area contributed by atoms with Gasteiger partial charge in [0.1, 0.15) is 11.9 Å². The molecule has 1 atom stereocenters. The van der Waals surface area contributed by atoms with Crippen molar-refractivity contribution in [3.63, 3.8) is 0 Å². The number of nitrogens with zero attached hydrogens (tertiary/aromatic N) is 2. The first-order chi connectivity index (χ1) is 9.21. The average Bonchev–Trinajstić information content (AvgIpc) is 2.70. The largest absolute Gasteiger partial charge is 0.480 e. The number of hydrogen-bond donors (Lipinski definition) is 3. The summed E-state index contributed by atoms with van der Waals surface area (Å²) in [6.45, 7) is 5.69. The van der Waals surface area contributed by atoms with Gasteiger partial charge in [0.15, 0.2) is 0 Å². The van der Waals surface area contributed by atoms with Gasteiger partial charge < -0.3 is 20.3 Å². The zero-order valence-corrected chi connectivity index (χ0v) is 12.3. The fourth-order valence-electron chi connectivity index (χ4n) is 1.76. The van der Waals surface area contributed by atoms with E-state index in [0.29, 0.717) is 13.0 Å². The van der Waals surface area contributed by atoms with Crippen LogP contribution in [-0.4, -0.2) is 39.2 Å². The quantitative estimate of drug-likeness (QED) is 0.743. The predicted octanol–water partition coefficient (Wildman–Crippen LogP) is 0.761. The molecule has 3 N–H and O–H groups in total. The Morgan fingerprint density at radius 2 is 2.10 bits per heavy atom. The van der Waals surface area contributed by atoms with E-state index in [-0.39, 0.29) is 0 Å². The highest BCUT2D eigenvalue weighted by molar-refractivity contribution is 5.83. The summed E-state index contributed by atoms with van der Waals surface area (Å²) in [5.74, 6) is -0.187. The van der Waals surface area contributed by atoms with Gasteiger partial charge in [0.05, 0.1) is 0 Å². The Hall–Kier alpha value is -2.05.